The van der Waals surface area contributed by atoms with Crippen molar-refractivity contribution in [3.05, 3.63) is 63.0 Å². The lowest BCUT2D eigenvalue weighted by atomic mass is 10.2. The molecule has 0 unspecified atom stereocenters. The summed E-state index contributed by atoms with van der Waals surface area (Å²) in [6.45, 7) is 1.64. The van der Waals surface area contributed by atoms with E-state index in [9.17, 15) is 9.59 Å². The molecule has 29 heavy (non-hydrogen) atoms. The largest absolute Gasteiger partial charge is 0.493 e. The van der Waals surface area contributed by atoms with Crippen molar-refractivity contribution in [2.75, 3.05) is 13.7 Å². The molecule has 0 aliphatic heterocycles. The second-order valence-electron chi connectivity index (χ2n) is 5.88. The first-order valence-electron chi connectivity index (χ1n) is 8.51. The van der Waals surface area contributed by atoms with Gasteiger partial charge in [0.2, 0.25) is 0 Å². The highest BCUT2D eigenvalue weighted by molar-refractivity contribution is 7.15. The van der Waals surface area contributed by atoms with E-state index in [0.717, 1.165) is 5.69 Å². The zero-order valence-electron chi connectivity index (χ0n) is 15.7. The Balaban J connectivity index is 1.64. The van der Waals surface area contributed by atoms with Crippen LogP contribution in [0.3, 0.4) is 0 Å². The summed E-state index contributed by atoms with van der Waals surface area (Å²) < 4.78 is 17.1. The van der Waals surface area contributed by atoms with Crippen LogP contribution in [-0.4, -0.2) is 29.1 Å². The van der Waals surface area contributed by atoms with Gasteiger partial charge in [-0.15, -0.1) is 11.3 Å². The van der Waals surface area contributed by atoms with Gasteiger partial charge in [0.25, 0.3) is 5.56 Å². The number of fused-ring (bicyclic) bond motifs is 1. The molecule has 0 amide bonds. The number of methoxy groups -OCH3 is 1. The van der Waals surface area contributed by atoms with Gasteiger partial charge in [-0.2, -0.15) is 5.26 Å². The summed E-state index contributed by atoms with van der Waals surface area (Å²) in [5, 5.41) is 10.4. The van der Waals surface area contributed by atoms with Gasteiger partial charge in [0.15, 0.2) is 23.1 Å². The molecule has 9 heteroatoms. The Morgan fingerprint density at radius 1 is 1.34 bits per heavy atom. The SMILES string of the molecule is COc1cc(/C=C/C(=O)OCc2cc(=O)n3c(C)csc3n2)ccc1OCC#N. The van der Waals surface area contributed by atoms with Crippen LogP contribution in [0.25, 0.3) is 11.0 Å². The van der Waals surface area contributed by atoms with Gasteiger partial charge in [0, 0.05) is 23.2 Å². The van der Waals surface area contributed by atoms with Gasteiger partial charge in [-0.1, -0.05) is 6.07 Å². The average molecular weight is 411 g/mol. The van der Waals surface area contributed by atoms with Gasteiger partial charge >= 0.3 is 5.97 Å². The normalized spacial score (nSPS) is 10.8. The van der Waals surface area contributed by atoms with Gasteiger partial charge in [0.1, 0.15) is 12.7 Å². The van der Waals surface area contributed by atoms with Crippen LogP contribution in [0.5, 0.6) is 11.5 Å². The Labute approximate surface area is 170 Å². The van der Waals surface area contributed by atoms with Gasteiger partial charge in [-0.25, -0.2) is 9.78 Å². The van der Waals surface area contributed by atoms with Gasteiger partial charge in [-0.05, 0) is 30.7 Å². The number of esters is 1. The maximum atomic E-state index is 12.1. The van der Waals surface area contributed by atoms with E-state index in [4.69, 9.17) is 19.5 Å². The van der Waals surface area contributed by atoms with Crippen molar-refractivity contribution < 1.29 is 19.0 Å². The summed E-state index contributed by atoms with van der Waals surface area (Å²) in [7, 11) is 1.48. The number of aromatic nitrogens is 2. The Bertz CT molecular complexity index is 1170. The third-order valence-corrected chi connectivity index (χ3v) is 4.83. The molecule has 0 spiro atoms. The summed E-state index contributed by atoms with van der Waals surface area (Å²) in [6, 6.07) is 8.28. The molecule has 0 N–H and O–H groups in total. The van der Waals surface area contributed by atoms with E-state index in [-0.39, 0.29) is 18.8 Å². The topological polar surface area (TPSA) is 103 Å². The van der Waals surface area contributed by atoms with Crippen LogP contribution in [0.15, 0.2) is 40.5 Å². The number of hydrogen-bond donors (Lipinski definition) is 0. The van der Waals surface area contributed by atoms with Crippen molar-refractivity contribution in [1.29, 1.82) is 5.26 Å². The highest BCUT2D eigenvalue weighted by atomic mass is 32.1. The maximum Gasteiger partial charge on any atom is 0.331 e. The molecule has 0 radical (unpaired) electrons. The summed E-state index contributed by atoms with van der Waals surface area (Å²) in [4.78, 5) is 29.0. The molecule has 0 saturated carbocycles. The molecular formula is C20H17N3O5S. The fraction of sp³-hybridized carbons (Fsp3) is 0.200. The molecule has 0 bridgehead atoms. The van der Waals surface area contributed by atoms with Gasteiger partial charge < -0.3 is 14.2 Å². The van der Waals surface area contributed by atoms with Crippen LogP contribution < -0.4 is 15.0 Å². The van der Waals surface area contributed by atoms with E-state index in [0.29, 0.717) is 27.7 Å². The Kier molecular flexibility index (Phi) is 6.26. The summed E-state index contributed by atoms with van der Waals surface area (Å²) in [6.07, 6.45) is 2.83. The van der Waals surface area contributed by atoms with Crippen LogP contribution in [0.4, 0.5) is 0 Å². The molecule has 148 valence electrons. The van der Waals surface area contributed by atoms with E-state index in [1.165, 1.54) is 35.0 Å². The van der Waals surface area contributed by atoms with E-state index >= 15 is 0 Å². The highest BCUT2D eigenvalue weighted by Gasteiger charge is 2.08. The molecule has 8 nitrogen and oxygen atoms in total. The lowest BCUT2D eigenvalue weighted by Crippen LogP contribution is -2.16. The second kappa shape index (κ2) is 9.03. The van der Waals surface area contributed by atoms with Crippen LogP contribution in [0, 0.1) is 18.3 Å². The molecule has 0 saturated heterocycles. The highest BCUT2D eigenvalue weighted by Crippen LogP contribution is 2.28. The van der Waals surface area contributed by atoms with Crippen LogP contribution in [-0.2, 0) is 16.1 Å². The minimum atomic E-state index is -0.571. The molecule has 3 rings (SSSR count). The number of nitrogens with zero attached hydrogens (tertiary/aromatic N) is 3. The maximum absolute atomic E-state index is 12.1. The summed E-state index contributed by atoms with van der Waals surface area (Å²) >= 11 is 1.35. The summed E-state index contributed by atoms with van der Waals surface area (Å²) in [5.74, 6) is 0.309. The first-order chi connectivity index (χ1) is 14.0. The van der Waals surface area contributed by atoms with Crippen molar-refractivity contribution >= 4 is 28.3 Å². The third kappa shape index (κ3) is 4.80. The number of benzene rings is 1. The first kappa shape index (κ1) is 20.1. The van der Waals surface area contributed by atoms with E-state index < -0.39 is 5.97 Å². The predicted molar refractivity (Wildman–Crippen MR) is 107 cm³/mol. The third-order valence-electron chi connectivity index (χ3n) is 3.88. The van der Waals surface area contributed by atoms with Crippen molar-refractivity contribution in [1.82, 2.24) is 9.38 Å². The number of ether oxygens (including phenoxy) is 3. The smallest absolute Gasteiger partial charge is 0.331 e. The monoisotopic (exact) mass is 411 g/mol. The molecule has 0 aliphatic carbocycles. The minimum absolute atomic E-state index is 0.0910. The van der Waals surface area contributed by atoms with E-state index in [1.807, 2.05) is 18.4 Å². The molecule has 1 aromatic carbocycles. The van der Waals surface area contributed by atoms with E-state index in [2.05, 4.69) is 4.98 Å². The number of hydrogen-bond acceptors (Lipinski definition) is 8. The lowest BCUT2D eigenvalue weighted by Gasteiger charge is -2.08. The molecule has 0 fully saturated rings. The first-order valence-corrected chi connectivity index (χ1v) is 9.39. The minimum Gasteiger partial charge on any atom is -0.493 e. The number of carbonyl (C=O) groups excluding carboxylic acids is 1. The van der Waals surface area contributed by atoms with Gasteiger partial charge in [-0.3, -0.25) is 9.20 Å². The van der Waals surface area contributed by atoms with Crippen LogP contribution >= 0.6 is 11.3 Å². The van der Waals surface area contributed by atoms with Crippen molar-refractivity contribution in [3.63, 3.8) is 0 Å². The molecule has 0 atom stereocenters. The lowest BCUT2D eigenvalue weighted by molar-refractivity contribution is -0.139. The zero-order chi connectivity index (χ0) is 20.8. The quantitative estimate of drug-likeness (QED) is 0.435. The molecule has 2 heterocycles. The number of aryl methyl sites for hydroxylation is 1. The fourth-order valence-corrected chi connectivity index (χ4v) is 3.44. The van der Waals surface area contributed by atoms with Crippen LogP contribution in [0.2, 0.25) is 0 Å². The van der Waals surface area contributed by atoms with Crippen LogP contribution in [0.1, 0.15) is 17.0 Å². The summed E-state index contributed by atoms with van der Waals surface area (Å²) in [5.41, 5.74) is 1.68. The number of thiazole rings is 1. The number of carbonyl (C=O) groups is 1. The standard InChI is InChI=1S/C20H17N3O5S/c1-13-12-29-20-22-15(10-18(24)23(13)20)11-28-19(25)6-4-14-3-5-16(27-8-7-21)17(9-14)26-2/h3-6,9-10,12H,8,11H2,1-2H3/b6-4+. The molecule has 3 aromatic rings. The molecular weight excluding hydrogens is 394 g/mol. The Hall–Kier alpha value is -3.64. The van der Waals surface area contributed by atoms with E-state index in [1.54, 1.807) is 24.3 Å². The predicted octanol–water partition coefficient (Wildman–Crippen LogP) is 2.73. The number of rotatable bonds is 7. The molecule has 2 aromatic heterocycles. The second-order valence-corrected chi connectivity index (χ2v) is 6.72. The van der Waals surface area contributed by atoms with Crippen molar-refractivity contribution in [2.45, 2.75) is 13.5 Å². The zero-order valence-corrected chi connectivity index (χ0v) is 16.6. The average Bonchev–Trinajstić information content (AvgIpc) is 3.10. The Morgan fingerprint density at radius 2 is 2.17 bits per heavy atom. The number of nitriles is 1. The fourth-order valence-electron chi connectivity index (χ4n) is 2.55. The van der Waals surface area contributed by atoms with Gasteiger partial charge in [0.05, 0.1) is 12.8 Å². The van der Waals surface area contributed by atoms with Crippen molar-refractivity contribution in [2.24, 2.45) is 0 Å². The molecule has 0 aliphatic rings. The van der Waals surface area contributed by atoms with Crippen molar-refractivity contribution in [3.8, 4) is 17.6 Å². The Morgan fingerprint density at radius 3 is 2.93 bits per heavy atom.